The second-order valence-corrected chi connectivity index (χ2v) is 7.23. The number of aryl methyl sites for hydroxylation is 1. The molecule has 0 amide bonds. The third kappa shape index (κ3) is 7.53. The predicted octanol–water partition coefficient (Wildman–Crippen LogP) is 6.76. The van der Waals surface area contributed by atoms with Gasteiger partial charge in [0, 0.05) is 6.42 Å². The Morgan fingerprint density at radius 2 is 1.10 bits per heavy atom. The van der Waals surface area contributed by atoms with Crippen molar-refractivity contribution in [1.82, 2.24) is 0 Å². The first-order chi connectivity index (χ1) is 14.3. The number of hydrogen-bond acceptors (Lipinski definition) is 3. The van der Waals surface area contributed by atoms with Crippen molar-refractivity contribution >= 4 is 0 Å². The van der Waals surface area contributed by atoms with E-state index >= 15 is 0 Å². The Morgan fingerprint density at radius 3 is 1.72 bits per heavy atom. The van der Waals surface area contributed by atoms with Crippen molar-refractivity contribution < 1.29 is 14.6 Å². The molecule has 0 saturated heterocycles. The number of benzene rings is 3. The fourth-order valence-electron chi connectivity index (χ4n) is 3.32. The van der Waals surface area contributed by atoms with E-state index in [1.165, 1.54) is 6.42 Å². The van der Waals surface area contributed by atoms with Gasteiger partial charge in [-0.25, -0.2) is 0 Å². The summed E-state index contributed by atoms with van der Waals surface area (Å²) in [5, 5.41) is 9.83. The van der Waals surface area contributed by atoms with Crippen molar-refractivity contribution in [2.24, 2.45) is 0 Å². The van der Waals surface area contributed by atoms with Gasteiger partial charge >= 0.3 is 0 Å². The summed E-state index contributed by atoms with van der Waals surface area (Å²) in [5.74, 6) is 2.07. The number of phenolic OH excluding ortho intramolecular Hbond substituents is 1. The molecule has 1 N–H and O–H groups in total. The van der Waals surface area contributed by atoms with Crippen molar-refractivity contribution in [3.05, 3.63) is 90.5 Å². The Morgan fingerprint density at radius 1 is 0.586 bits per heavy atom. The molecule has 152 valence electrons. The molecule has 3 nitrogen and oxygen atoms in total. The van der Waals surface area contributed by atoms with Gasteiger partial charge in [0.25, 0.3) is 0 Å². The van der Waals surface area contributed by atoms with Gasteiger partial charge < -0.3 is 14.6 Å². The molecule has 0 saturated carbocycles. The van der Waals surface area contributed by atoms with Crippen LogP contribution in [-0.2, 0) is 6.42 Å². The summed E-state index contributed by atoms with van der Waals surface area (Å²) < 4.78 is 12.1. The summed E-state index contributed by atoms with van der Waals surface area (Å²) in [7, 11) is 0. The van der Waals surface area contributed by atoms with Crippen LogP contribution in [0.2, 0.25) is 0 Å². The number of hydrogen-bond donors (Lipinski definition) is 1. The van der Waals surface area contributed by atoms with Gasteiger partial charge in [0.15, 0.2) is 0 Å². The third-order valence-electron chi connectivity index (χ3n) is 4.90. The van der Waals surface area contributed by atoms with Crippen LogP contribution in [0.4, 0.5) is 0 Å². The first kappa shape index (κ1) is 20.8. The van der Waals surface area contributed by atoms with Gasteiger partial charge in [-0.05, 0) is 55.2 Å². The topological polar surface area (TPSA) is 38.7 Å². The van der Waals surface area contributed by atoms with E-state index in [0.29, 0.717) is 5.75 Å². The molecule has 0 atom stereocenters. The molecule has 29 heavy (non-hydrogen) atoms. The van der Waals surface area contributed by atoms with Crippen molar-refractivity contribution in [1.29, 1.82) is 0 Å². The summed E-state index contributed by atoms with van der Waals surface area (Å²) in [6.07, 6.45) is 7.14. The standard InChI is InChI=1S/C26H30O3/c27-25-20-13-12-15-22(25)14-6-2-1-3-11-21-26(28-23-16-7-4-8-17-23)29-24-18-9-5-10-19-24/h4-5,7-10,12-13,15-20,26-27H,1-3,6,11,14,21H2. The normalized spacial score (nSPS) is 10.8. The van der Waals surface area contributed by atoms with E-state index < -0.39 is 0 Å². The van der Waals surface area contributed by atoms with Crippen LogP contribution in [0, 0.1) is 0 Å². The molecule has 0 spiro atoms. The highest BCUT2D eigenvalue weighted by Gasteiger charge is 2.12. The number of rotatable bonds is 12. The Kier molecular flexibility index (Phi) is 8.46. The smallest absolute Gasteiger partial charge is 0.241 e. The van der Waals surface area contributed by atoms with E-state index in [2.05, 4.69) is 0 Å². The first-order valence-electron chi connectivity index (χ1n) is 10.5. The Bertz CT molecular complexity index is 776. The summed E-state index contributed by atoms with van der Waals surface area (Å²) in [4.78, 5) is 0. The molecule has 0 unspecified atom stereocenters. The summed E-state index contributed by atoms with van der Waals surface area (Å²) in [5.41, 5.74) is 1.04. The van der Waals surface area contributed by atoms with E-state index in [-0.39, 0.29) is 6.29 Å². The molecule has 0 bridgehead atoms. The van der Waals surface area contributed by atoms with Crippen molar-refractivity contribution in [2.45, 2.75) is 51.2 Å². The van der Waals surface area contributed by atoms with Crippen molar-refractivity contribution in [2.75, 3.05) is 0 Å². The van der Waals surface area contributed by atoms with Gasteiger partial charge in [0.2, 0.25) is 6.29 Å². The van der Waals surface area contributed by atoms with E-state index in [1.807, 2.05) is 78.9 Å². The van der Waals surface area contributed by atoms with E-state index in [0.717, 1.165) is 55.6 Å². The highest BCUT2D eigenvalue weighted by molar-refractivity contribution is 5.31. The summed E-state index contributed by atoms with van der Waals surface area (Å²) in [6, 6.07) is 27.3. The average Bonchev–Trinajstić information content (AvgIpc) is 2.75. The SMILES string of the molecule is Oc1ccccc1CCCCCCCC(Oc1ccccc1)Oc1ccccc1. The zero-order chi connectivity index (χ0) is 20.2. The maximum Gasteiger partial charge on any atom is 0.241 e. The van der Waals surface area contributed by atoms with Gasteiger partial charge in [0.05, 0.1) is 0 Å². The van der Waals surface area contributed by atoms with E-state index in [1.54, 1.807) is 6.07 Å². The molecule has 3 aromatic carbocycles. The van der Waals surface area contributed by atoms with Gasteiger partial charge in [-0.3, -0.25) is 0 Å². The van der Waals surface area contributed by atoms with Crippen LogP contribution in [0.5, 0.6) is 17.2 Å². The fraction of sp³-hybridized carbons (Fsp3) is 0.308. The minimum absolute atomic E-state index is 0.291. The second-order valence-electron chi connectivity index (χ2n) is 7.23. The van der Waals surface area contributed by atoms with E-state index in [9.17, 15) is 5.11 Å². The van der Waals surface area contributed by atoms with Crippen LogP contribution < -0.4 is 9.47 Å². The van der Waals surface area contributed by atoms with Crippen molar-refractivity contribution in [3.63, 3.8) is 0 Å². The van der Waals surface area contributed by atoms with Crippen LogP contribution in [0.25, 0.3) is 0 Å². The van der Waals surface area contributed by atoms with Crippen LogP contribution in [-0.4, -0.2) is 11.4 Å². The van der Waals surface area contributed by atoms with Crippen molar-refractivity contribution in [3.8, 4) is 17.2 Å². The summed E-state index contributed by atoms with van der Waals surface area (Å²) >= 11 is 0. The number of para-hydroxylation sites is 3. The minimum Gasteiger partial charge on any atom is -0.508 e. The molecule has 0 fully saturated rings. The number of ether oxygens (including phenoxy) is 2. The molecular formula is C26H30O3. The Labute approximate surface area is 173 Å². The molecule has 0 radical (unpaired) electrons. The Balaban J connectivity index is 1.39. The highest BCUT2D eigenvalue weighted by atomic mass is 16.7. The van der Waals surface area contributed by atoms with Gasteiger partial charge in [-0.2, -0.15) is 0 Å². The van der Waals surface area contributed by atoms with Crippen LogP contribution >= 0.6 is 0 Å². The van der Waals surface area contributed by atoms with Crippen LogP contribution in [0.3, 0.4) is 0 Å². The lowest BCUT2D eigenvalue weighted by molar-refractivity contribution is -0.00245. The van der Waals surface area contributed by atoms with Crippen LogP contribution in [0.1, 0.15) is 44.1 Å². The lowest BCUT2D eigenvalue weighted by Gasteiger charge is -2.20. The average molecular weight is 391 g/mol. The molecule has 3 aromatic rings. The molecular weight excluding hydrogens is 360 g/mol. The zero-order valence-electron chi connectivity index (χ0n) is 16.9. The molecule has 0 aliphatic heterocycles. The number of aromatic hydroxyl groups is 1. The molecule has 0 aliphatic rings. The first-order valence-corrected chi connectivity index (χ1v) is 10.5. The molecule has 0 aromatic heterocycles. The quantitative estimate of drug-likeness (QED) is 0.274. The predicted molar refractivity (Wildman–Crippen MR) is 117 cm³/mol. The third-order valence-corrected chi connectivity index (χ3v) is 4.90. The molecule has 0 aliphatic carbocycles. The maximum absolute atomic E-state index is 9.83. The van der Waals surface area contributed by atoms with E-state index in [4.69, 9.17) is 9.47 Å². The molecule has 0 heterocycles. The van der Waals surface area contributed by atoms with Gasteiger partial charge in [-0.15, -0.1) is 0 Å². The monoisotopic (exact) mass is 390 g/mol. The number of phenols is 1. The summed E-state index contributed by atoms with van der Waals surface area (Å²) in [6.45, 7) is 0. The lowest BCUT2D eigenvalue weighted by atomic mass is 10.0. The number of unbranched alkanes of at least 4 members (excludes halogenated alkanes) is 4. The van der Waals surface area contributed by atoms with Crippen LogP contribution in [0.15, 0.2) is 84.9 Å². The zero-order valence-corrected chi connectivity index (χ0v) is 16.9. The minimum atomic E-state index is -0.291. The molecule has 3 rings (SSSR count). The second kappa shape index (κ2) is 11.8. The maximum atomic E-state index is 9.83. The highest BCUT2D eigenvalue weighted by Crippen LogP contribution is 2.21. The molecule has 3 heteroatoms. The van der Waals surface area contributed by atoms with Gasteiger partial charge in [0.1, 0.15) is 17.2 Å². The fourth-order valence-corrected chi connectivity index (χ4v) is 3.32. The van der Waals surface area contributed by atoms with Gasteiger partial charge in [-0.1, -0.05) is 73.9 Å². The Hall–Kier alpha value is -2.94. The lowest BCUT2D eigenvalue weighted by Crippen LogP contribution is -2.23. The largest absolute Gasteiger partial charge is 0.508 e.